The lowest BCUT2D eigenvalue weighted by Gasteiger charge is -2.36. The highest BCUT2D eigenvalue weighted by molar-refractivity contribution is 4.99. The van der Waals surface area contributed by atoms with Crippen LogP contribution in [0.25, 0.3) is 0 Å². The molecule has 5 heteroatoms. The smallest absolute Gasteiger partial charge is 0.147 e. The fraction of sp³-hybridized carbons (Fsp3) is 0.833. The summed E-state index contributed by atoms with van der Waals surface area (Å²) in [5, 5.41) is 21.7. The van der Waals surface area contributed by atoms with Gasteiger partial charge in [0.2, 0.25) is 0 Å². The molecule has 0 bridgehead atoms. The minimum Gasteiger partial charge on any atom is -0.389 e. The Morgan fingerprint density at radius 3 is 2.88 bits per heavy atom. The molecule has 3 rings (SSSR count). The van der Waals surface area contributed by atoms with Crippen LogP contribution in [0.1, 0.15) is 43.8 Å². The van der Waals surface area contributed by atoms with Gasteiger partial charge in [0.1, 0.15) is 11.6 Å². The van der Waals surface area contributed by atoms with Crippen molar-refractivity contribution in [3.63, 3.8) is 0 Å². The van der Waals surface area contributed by atoms with Crippen LogP contribution in [0, 0.1) is 0 Å². The van der Waals surface area contributed by atoms with Crippen LogP contribution in [0.3, 0.4) is 0 Å². The van der Waals surface area contributed by atoms with E-state index < -0.39 is 5.60 Å². The first kappa shape index (κ1) is 11.2. The van der Waals surface area contributed by atoms with Crippen LogP contribution < -0.4 is 5.32 Å². The van der Waals surface area contributed by atoms with Gasteiger partial charge in [0.25, 0.3) is 0 Å². The van der Waals surface area contributed by atoms with E-state index in [-0.39, 0.29) is 0 Å². The van der Waals surface area contributed by atoms with Crippen LogP contribution >= 0.6 is 0 Å². The highest BCUT2D eigenvalue weighted by atomic mass is 16.3. The molecule has 0 atom stereocenters. The molecule has 1 saturated carbocycles. The minimum absolute atomic E-state index is 0.454. The van der Waals surface area contributed by atoms with E-state index in [1.165, 1.54) is 12.8 Å². The molecule has 94 valence electrons. The largest absolute Gasteiger partial charge is 0.389 e. The number of aromatic nitrogens is 3. The van der Waals surface area contributed by atoms with E-state index in [1.54, 1.807) is 0 Å². The fourth-order valence-corrected chi connectivity index (χ4v) is 2.67. The third kappa shape index (κ3) is 2.21. The highest BCUT2D eigenvalue weighted by Crippen LogP contribution is 2.30. The van der Waals surface area contributed by atoms with Crippen LogP contribution in [0.15, 0.2) is 0 Å². The van der Waals surface area contributed by atoms with Crippen LogP contribution in [0.4, 0.5) is 0 Å². The third-order valence-electron chi connectivity index (χ3n) is 3.96. The number of rotatable bonds is 4. The minimum atomic E-state index is -0.454. The normalized spacial score (nSPS) is 21.9. The topological polar surface area (TPSA) is 63.0 Å². The molecular formula is C12H20N4O. The summed E-state index contributed by atoms with van der Waals surface area (Å²) in [6.07, 6.45) is 6.51. The van der Waals surface area contributed by atoms with Crippen LogP contribution in [0.5, 0.6) is 0 Å². The van der Waals surface area contributed by atoms with Gasteiger partial charge >= 0.3 is 0 Å². The lowest BCUT2D eigenvalue weighted by atomic mass is 9.80. The Balaban J connectivity index is 1.56. The molecule has 1 aliphatic carbocycles. The zero-order valence-electron chi connectivity index (χ0n) is 10.2. The van der Waals surface area contributed by atoms with E-state index in [2.05, 4.69) is 20.1 Å². The Labute approximate surface area is 101 Å². The average Bonchev–Trinajstić information content (AvgIpc) is 2.71. The van der Waals surface area contributed by atoms with E-state index in [4.69, 9.17) is 0 Å². The molecule has 0 saturated heterocycles. The van der Waals surface area contributed by atoms with Gasteiger partial charge in [0.05, 0.1) is 12.1 Å². The lowest BCUT2D eigenvalue weighted by Crippen LogP contribution is -2.46. The Hall–Kier alpha value is -0.940. The number of nitrogens with one attached hydrogen (secondary N) is 1. The summed E-state index contributed by atoms with van der Waals surface area (Å²) in [6.45, 7) is 2.44. The van der Waals surface area contributed by atoms with Crippen molar-refractivity contribution >= 4 is 0 Å². The van der Waals surface area contributed by atoms with Crippen molar-refractivity contribution in [2.24, 2.45) is 0 Å². The quantitative estimate of drug-likeness (QED) is 0.804. The molecule has 0 unspecified atom stereocenters. The second-order valence-electron chi connectivity index (χ2n) is 5.32. The number of nitrogens with zero attached hydrogens (tertiary/aromatic N) is 3. The van der Waals surface area contributed by atoms with Crippen molar-refractivity contribution in [1.29, 1.82) is 0 Å². The van der Waals surface area contributed by atoms with Gasteiger partial charge in [-0.2, -0.15) is 0 Å². The maximum absolute atomic E-state index is 9.97. The zero-order valence-corrected chi connectivity index (χ0v) is 10.2. The number of hydrogen-bond donors (Lipinski definition) is 2. The Morgan fingerprint density at radius 2 is 2.12 bits per heavy atom. The molecule has 1 fully saturated rings. The maximum Gasteiger partial charge on any atom is 0.147 e. The predicted molar refractivity (Wildman–Crippen MR) is 63.5 cm³/mol. The van der Waals surface area contributed by atoms with Gasteiger partial charge in [-0.05, 0) is 32.1 Å². The van der Waals surface area contributed by atoms with Gasteiger partial charge < -0.3 is 15.0 Å². The van der Waals surface area contributed by atoms with Crippen LogP contribution in [-0.2, 0) is 19.5 Å². The lowest BCUT2D eigenvalue weighted by molar-refractivity contribution is -0.0316. The average molecular weight is 236 g/mol. The highest BCUT2D eigenvalue weighted by Gasteiger charge is 2.33. The maximum atomic E-state index is 9.97. The molecule has 1 aromatic heterocycles. The summed E-state index contributed by atoms with van der Waals surface area (Å²) >= 11 is 0. The monoisotopic (exact) mass is 236 g/mol. The molecule has 2 aliphatic rings. The molecule has 0 amide bonds. The summed E-state index contributed by atoms with van der Waals surface area (Å²) in [7, 11) is 0. The molecule has 1 aliphatic heterocycles. The molecular weight excluding hydrogens is 216 g/mol. The zero-order chi connectivity index (χ0) is 11.7. The Kier molecular flexibility index (Phi) is 2.88. The van der Waals surface area contributed by atoms with Gasteiger partial charge in [-0.25, -0.2) is 0 Å². The standard InChI is InChI=1S/C12H20N4O/c17-12(5-3-6-12)9-13-8-11-15-14-10-4-1-2-7-16(10)11/h13,17H,1-9H2. The molecule has 5 nitrogen and oxygen atoms in total. The summed E-state index contributed by atoms with van der Waals surface area (Å²) in [5.41, 5.74) is -0.454. The summed E-state index contributed by atoms with van der Waals surface area (Å²) in [5.74, 6) is 2.14. The van der Waals surface area contributed by atoms with Crippen LogP contribution in [0.2, 0.25) is 0 Å². The number of aliphatic hydroxyl groups is 1. The van der Waals surface area contributed by atoms with E-state index in [0.29, 0.717) is 6.54 Å². The molecule has 2 heterocycles. The molecule has 1 aromatic rings. The van der Waals surface area contributed by atoms with Gasteiger partial charge in [-0.1, -0.05) is 0 Å². The first-order valence-corrected chi connectivity index (χ1v) is 6.61. The summed E-state index contributed by atoms with van der Waals surface area (Å²) in [6, 6.07) is 0. The van der Waals surface area contributed by atoms with Crippen molar-refractivity contribution in [3.8, 4) is 0 Å². The van der Waals surface area contributed by atoms with E-state index >= 15 is 0 Å². The van der Waals surface area contributed by atoms with Crippen molar-refractivity contribution < 1.29 is 5.11 Å². The number of fused-ring (bicyclic) bond motifs is 1. The first-order chi connectivity index (χ1) is 8.27. The van der Waals surface area contributed by atoms with E-state index in [1.807, 2.05) is 0 Å². The second kappa shape index (κ2) is 4.38. The van der Waals surface area contributed by atoms with Gasteiger partial charge in [0, 0.05) is 19.5 Å². The molecule has 0 radical (unpaired) electrons. The van der Waals surface area contributed by atoms with Crippen molar-refractivity contribution in [2.45, 2.75) is 57.2 Å². The van der Waals surface area contributed by atoms with Crippen molar-refractivity contribution in [3.05, 3.63) is 11.6 Å². The molecule has 0 aromatic carbocycles. The van der Waals surface area contributed by atoms with Crippen molar-refractivity contribution in [1.82, 2.24) is 20.1 Å². The van der Waals surface area contributed by atoms with Gasteiger partial charge in [-0.3, -0.25) is 0 Å². The van der Waals surface area contributed by atoms with E-state index in [9.17, 15) is 5.11 Å². The second-order valence-corrected chi connectivity index (χ2v) is 5.32. The third-order valence-corrected chi connectivity index (χ3v) is 3.96. The number of aryl methyl sites for hydroxylation is 1. The molecule has 0 spiro atoms. The molecule has 2 N–H and O–H groups in total. The van der Waals surface area contributed by atoms with E-state index in [0.717, 1.165) is 50.4 Å². The fourth-order valence-electron chi connectivity index (χ4n) is 2.67. The van der Waals surface area contributed by atoms with Gasteiger partial charge in [0.15, 0.2) is 0 Å². The SMILES string of the molecule is OC1(CNCc2nnc3n2CCCC3)CCC1. The summed E-state index contributed by atoms with van der Waals surface area (Å²) < 4.78 is 2.22. The Bertz CT molecular complexity index is 397. The Morgan fingerprint density at radius 1 is 1.24 bits per heavy atom. The van der Waals surface area contributed by atoms with Crippen molar-refractivity contribution in [2.75, 3.05) is 6.54 Å². The van der Waals surface area contributed by atoms with Gasteiger partial charge in [-0.15, -0.1) is 10.2 Å². The van der Waals surface area contributed by atoms with Crippen LogP contribution in [-0.4, -0.2) is 32.0 Å². The summed E-state index contributed by atoms with van der Waals surface area (Å²) in [4.78, 5) is 0. The number of hydrogen-bond acceptors (Lipinski definition) is 4. The molecule has 17 heavy (non-hydrogen) atoms. The first-order valence-electron chi connectivity index (χ1n) is 6.61. The predicted octanol–water partition coefficient (Wildman–Crippen LogP) is 0.619.